The van der Waals surface area contributed by atoms with E-state index in [0.717, 1.165) is 10.2 Å². The average Bonchev–Trinajstić information content (AvgIpc) is 2.57. The Balaban J connectivity index is 1.92. The van der Waals surface area contributed by atoms with Crippen LogP contribution < -0.4 is 10.1 Å². The Morgan fingerprint density at radius 2 is 2.04 bits per heavy atom. The molecule has 4 nitrogen and oxygen atoms in total. The molecule has 0 saturated carbocycles. The zero-order valence-corrected chi connectivity index (χ0v) is 15.2. The molecule has 2 aromatic carbocycles. The summed E-state index contributed by atoms with van der Waals surface area (Å²) in [6, 6.07) is 12.5. The van der Waals surface area contributed by atoms with E-state index in [4.69, 9.17) is 21.1 Å². The quantitative estimate of drug-likeness (QED) is 0.720. The predicted molar refractivity (Wildman–Crippen MR) is 97.7 cm³/mol. The number of rotatable bonds is 4. The molecule has 1 heterocycles. The van der Waals surface area contributed by atoms with Crippen LogP contribution in [0, 0.1) is 0 Å². The van der Waals surface area contributed by atoms with E-state index >= 15 is 0 Å². The molecule has 0 aromatic heterocycles. The molecule has 1 N–H and O–H groups in total. The Morgan fingerprint density at radius 3 is 2.75 bits per heavy atom. The van der Waals surface area contributed by atoms with Crippen LogP contribution in [-0.2, 0) is 4.74 Å². The fraction of sp³-hybridized carbons (Fsp3) is 0.167. The topological polar surface area (TPSA) is 47.6 Å². The number of benzene rings is 2. The fourth-order valence-electron chi connectivity index (χ4n) is 2.34. The van der Waals surface area contributed by atoms with Crippen molar-refractivity contribution in [3.63, 3.8) is 0 Å². The van der Waals surface area contributed by atoms with E-state index in [2.05, 4.69) is 21.2 Å². The van der Waals surface area contributed by atoms with E-state index in [0.29, 0.717) is 28.5 Å². The average molecular weight is 409 g/mol. The van der Waals surface area contributed by atoms with Gasteiger partial charge in [-0.05, 0) is 49.4 Å². The van der Waals surface area contributed by atoms with Crippen molar-refractivity contribution in [3.8, 4) is 5.75 Å². The summed E-state index contributed by atoms with van der Waals surface area (Å²) in [5.41, 5.74) is 1.73. The van der Waals surface area contributed by atoms with Gasteiger partial charge in [-0.1, -0.05) is 27.5 Å². The standard InChI is InChI=1S/C18H15BrClNO3/c1-2-23-18-15(10-21-13-6-4-12(20)5-7-13)17(22)14-9-11(19)3-8-16(14)24-18/h3-10,18,21H,2H2,1H3. The highest BCUT2D eigenvalue weighted by molar-refractivity contribution is 9.10. The van der Waals surface area contributed by atoms with Crippen LogP contribution in [-0.4, -0.2) is 18.7 Å². The lowest BCUT2D eigenvalue weighted by Crippen LogP contribution is -2.33. The maximum atomic E-state index is 12.8. The maximum absolute atomic E-state index is 12.8. The highest BCUT2D eigenvalue weighted by Gasteiger charge is 2.32. The first-order valence-corrected chi connectivity index (χ1v) is 8.60. The van der Waals surface area contributed by atoms with Crippen molar-refractivity contribution >= 4 is 39.0 Å². The van der Waals surface area contributed by atoms with Crippen LogP contribution >= 0.6 is 27.5 Å². The highest BCUT2D eigenvalue weighted by Crippen LogP contribution is 2.33. The summed E-state index contributed by atoms with van der Waals surface area (Å²) in [6.45, 7) is 2.29. The lowest BCUT2D eigenvalue weighted by atomic mass is 10.00. The summed E-state index contributed by atoms with van der Waals surface area (Å²) in [6.07, 6.45) is 0.881. The summed E-state index contributed by atoms with van der Waals surface area (Å²) in [4.78, 5) is 12.8. The first-order valence-electron chi connectivity index (χ1n) is 7.43. The number of carbonyl (C=O) groups excluding carboxylic acids is 1. The number of anilines is 1. The Kier molecular flexibility index (Phi) is 5.23. The van der Waals surface area contributed by atoms with Crippen LogP contribution in [0.3, 0.4) is 0 Å². The number of hydrogen-bond donors (Lipinski definition) is 1. The van der Waals surface area contributed by atoms with Gasteiger partial charge in [0.15, 0.2) is 0 Å². The number of fused-ring (bicyclic) bond motifs is 1. The molecule has 124 valence electrons. The second kappa shape index (κ2) is 7.38. The van der Waals surface area contributed by atoms with Crippen molar-refractivity contribution in [3.05, 3.63) is 69.3 Å². The molecule has 1 atom stereocenters. The first-order chi connectivity index (χ1) is 11.6. The molecule has 0 aliphatic carbocycles. The normalized spacial score (nSPS) is 18.2. The molecule has 24 heavy (non-hydrogen) atoms. The van der Waals surface area contributed by atoms with Gasteiger partial charge >= 0.3 is 0 Å². The first kappa shape index (κ1) is 17.0. The van der Waals surface area contributed by atoms with Gasteiger partial charge in [0.05, 0.1) is 11.1 Å². The molecule has 1 aliphatic rings. The Labute approximate surface area is 153 Å². The number of hydrogen-bond acceptors (Lipinski definition) is 4. The molecule has 0 saturated heterocycles. The van der Waals surface area contributed by atoms with Crippen LogP contribution in [0.2, 0.25) is 5.02 Å². The van der Waals surface area contributed by atoms with Gasteiger partial charge < -0.3 is 14.8 Å². The third kappa shape index (κ3) is 3.64. The van der Waals surface area contributed by atoms with Gasteiger partial charge in [0, 0.05) is 28.0 Å². The molecule has 0 bridgehead atoms. The molecule has 0 spiro atoms. The lowest BCUT2D eigenvalue weighted by molar-refractivity contribution is -0.0509. The Bertz CT molecular complexity index is 789. The molecular weight excluding hydrogens is 394 g/mol. The minimum atomic E-state index is -0.740. The number of carbonyl (C=O) groups is 1. The minimum absolute atomic E-state index is 0.127. The Hall–Kier alpha value is -1.82. The third-order valence-electron chi connectivity index (χ3n) is 3.49. The highest BCUT2D eigenvalue weighted by atomic mass is 79.9. The number of ether oxygens (including phenoxy) is 2. The second-order valence-electron chi connectivity index (χ2n) is 5.13. The molecule has 1 unspecified atom stereocenters. The smallest absolute Gasteiger partial charge is 0.232 e. The number of halogens is 2. The molecule has 6 heteroatoms. The lowest BCUT2D eigenvalue weighted by Gasteiger charge is -2.27. The predicted octanol–water partition coefficient (Wildman–Crippen LogP) is 5.04. The van der Waals surface area contributed by atoms with E-state index in [-0.39, 0.29) is 5.78 Å². The van der Waals surface area contributed by atoms with Crippen molar-refractivity contribution in [2.75, 3.05) is 11.9 Å². The molecular formula is C18H15BrClNO3. The summed E-state index contributed by atoms with van der Waals surface area (Å²) in [7, 11) is 0. The summed E-state index contributed by atoms with van der Waals surface area (Å²) in [5.74, 6) is 0.391. The molecule has 0 radical (unpaired) electrons. The SMILES string of the molecule is CCOC1Oc2ccc(Br)cc2C(=O)C1=CNc1ccc(Cl)cc1. The van der Waals surface area contributed by atoms with Gasteiger partial charge in [0.25, 0.3) is 0 Å². The van der Waals surface area contributed by atoms with Crippen LogP contribution in [0.1, 0.15) is 17.3 Å². The summed E-state index contributed by atoms with van der Waals surface area (Å²) < 4.78 is 12.2. The van der Waals surface area contributed by atoms with E-state index in [1.807, 2.05) is 25.1 Å². The van der Waals surface area contributed by atoms with Crippen molar-refractivity contribution in [2.24, 2.45) is 0 Å². The van der Waals surface area contributed by atoms with Gasteiger partial charge in [-0.3, -0.25) is 4.79 Å². The Morgan fingerprint density at radius 1 is 1.29 bits per heavy atom. The fourth-order valence-corrected chi connectivity index (χ4v) is 2.83. The largest absolute Gasteiger partial charge is 0.460 e. The van der Waals surface area contributed by atoms with Gasteiger partial charge in [0.1, 0.15) is 5.75 Å². The van der Waals surface area contributed by atoms with Crippen molar-refractivity contribution < 1.29 is 14.3 Å². The van der Waals surface area contributed by atoms with Gasteiger partial charge in [-0.25, -0.2) is 0 Å². The number of nitrogens with one attached hydrogen (secondary N) is 1. The third-order valence-corrected chi connectivity index (χ3v) is 4.24. The van der Waals surface area contributed by atoms with Crippen molar-refractivity contribution in [2.45, 2.75) is 13.2 Å². The maximum Gasteiger partial charge on any atom is 0.232 e. The monoisotopic (exact) mass is 407 g/mol. The summed E-state index contributed by atoms with van der Waals surface area (Å²) in [5, 5.41) is 3.74. The zero-order chi connectivity index (χ0) is 17.1. The van der Waals surface area contributed by atoms with Crippen LogP contribution in [0.25, 0.3) is 0 Å². The van der Waals surface area contributed by atoms with Crippen LogP contribution in [0.15, 0.2) is 58.7 Å². The van der Waals surface area contributed by atoms with E-state index in [9.17, 15) is 4.79 Å². The molecule has 3 rings (SSSR count). The number of Topliss-reactive ketones (excluding diaryl/α,β-unsaturated/α-hetero) is 1. The molecule has 2 aromatic rings. The zero-order valence-electron chi connectivity index (χ0n) is 12.9. The minimum Gasteiger partial charge on any atom is -0.460 e. The van der Waals surface area contributed by atoms with Crippen molar-refractivity contribution in [1.82, 2.24) is 0 Å². The van der Waals surface area contributed by atoms with Gasteiger partial charge in [-0.2, -0.15) is 0 Å². The van der Waals surface area contributed by atoms with E-state index in [1.54, 1.807) is 30.5 Å². The summed E-state index contributed by atoms with van der Waals surface area (Å²) >= 11 is 9.26. The second-order valence-corrected chi connectivity index (χ2v) is 6.48. The van der Waals surface area contributed by atoms with Gasteiger partial charge in [-0.15, -0.1) is 0 Å². The van der Waals surface area contributed by atoms with Crippen molar-refractivity contribution in [1.29, 1.82) is 0 Å². The van der Waals surface area contributed by atoms with Gasteiger partial charge in [0.2, 0.25) is 12.1 Å². The van der Waals surface area contributed by atoms with Crippen LogP contribution in [0.4, 0.5) is 5.69 Å². The van der Waals surface area contributed by atoms with Crippen LogP contribution in [0.5, 0.6) is 5.75 Å². The molecule has 1 aliphatic heterocycles. The number of ketones is 1. The van der Waals surface area contributed by atoms with E-state index < -0.39 is 6.29 Å². The van der Waals surface area contributed by atoms with E-state index in [1.165, 1.54) is 0 Å². The molecule has 0 fully saturated rings. The molecule has 0 amide bonds.